The van der Waals surface area contributed by atoms with Gasteiger partial charge < -0.3 is 26.8 Å². The summed E-state index contributed by atoms with van der Waals surface area (Å²) in [6, 6.07) is 0.740. The molecule has 0 saturated heterocycles. The van der Waals surface area contributed by atoms with Crippen LogP contribution in [0.25, 0.3) is 0 Å². The topological polar surface area (TPSA) is 82.3 Å². The van der Waals surface area contributed by atoms with Gasteiger partial charge >= 0.3 is 0 Å². The van der Waals surface area contributed by atoms with Crippen LogP contribution in [0.4, 0.5) is 0 Å². The second kappa shape index (κ2) is 13.9. The molecule has 4 aliphatic carbocycles. The fourth-order valence-corrected chi connectivity index (χ4v) is 10.0. The van der Waals surface area contributed by atoms with Gasteiger partial charge in [-0.2, -0.15) is 0 Å². The average molecular weight is 519 g/mol. The fourth-order valence-electron chi connectivity index (χ4n) is 10.0. The van der Waals surface area contributed by atoms with E-state index in [2.05, 4.69) is 36.7 Å². The summed E-state index contributed by atoms with van der Waals surface area (Å²) in [6.07, 6.45) is 17.7. The normalized spacial score (nSPS) is 40.1. The van der Waals surface area contributed by atoms with Crippen molar-refractivity contribution in [2.24, 2.45) is 52.1 Å². The van der Waals surface area contributed by atoms with Gasteiger partial charge in [-0.1, -0.05) is 20.8 Å². The van der Waals surface area contributed by atoms with Gasteiger partial charge in [0.1, 0.15) is 0 Å². The van der Waals surface area contributed by atoms with Gasteiger partial charge in [-0.3, -0.25) is 0 Å². The predicted octanol–water partition coefficient (Wildman–Crippen LogP) is 4.93. The highest BCUT2D eigenvalue weighted by atomic mass is 16.3. The third-order valence-corrected chi connectivity index (χ3v) is 12.2. The summed E-state index contributed by atoms with van der Waals surface area (Å²) in [7, 11) is 0. The van der Waals surface area contributed by atoms with Crippen LogP contribution in [-0.2, 0) is 0 Å². The van der Waals surface area contributed by atoms with E-state index in [1.807, 2.05) is 0 Å². The number of rotatable bonds is 15. The maximum absolute atomic E-state index is 9.90. The summed E-state index contributed by atoms with van der Waals surface area (Å²) < 4.78 is 0. The van der Waals surface area contributed by atoms with Crippen molar-refractivity contribution in [2.75, 3.05) is 45.9 Å². The second-order valence-electron chi connectivity index (χ2n) is 14.2. The summed E-state index contributed by atoms with van der Waals surface area (Å²) in [6.45, 7) is 14.4. The van der Waals surface area contributed by atoms with Crippen LogP contribution in [0.15, 0.2) is 0 Å². The molecule has 0 radical (unpaired) electrons. The molecule has 5 nitrogen and oxygen atoms in total. The Hall–Kier alpha value is -0.200. The van der Waals surface area contributed by atoms with Crippen molar-refractivity contribution < 1.29 is 5.11 Å². The lowest BCUT2D eigenvalue weighted by Gasteiger charge is -2.61. The van der Waals surface area contributed by atoms with Gasteiger partial charge in [-0.25, -0.2) is 0 Å². The van der Waals surface area contributed by atoms with E-state index in [1.165, 1.54) is 83.6 Å². The Balaban J connectivity index is 1.14. The van der Waals surface area contributed by atoms with Gasteiger partial charge in [0.25, 0.3) is 0 Å². The molecule has 0 spiro atoms. The number of nitrogens with two attached hydrogens (primary N) is 1. The number of nitrogens with one attached hydrogen (secondary N) is 3. The second-order valence-corrected chi connectivity index (χ2v) is 14.2. The van der Waals surface area contributed by atoms with Crippen molar-refractivity contribution in [1.82, 2.24) is 16.0 Å². The van der Waals surface area contributed by atoms with Crippen molar-refractivity contribution >= 4 is 0 Å². The monoisotopic (exact) mass is 518 g/mol. The zero-order valence-electron chi connectivity index (χ0n) is 24.7. The van der Waals surface area contributed by atoms with Crippen LogP contribution in [0, 0.1) is 46.3 Å². The number of fused-ring (bicyclic) bond motifs is 5. The Kier molecular flexibility index (Phi) is 11.2. The molecule has 0 aliphatic heterocycles. The zero-order chi connectivity index (χ0) is 26.3. The third-order valence-electron chi connectivity index (χ3n) is 12.2. The summed E-state index contributed by atoms with van der Waals surface area (Å²) >= 11 is 0. The molecule has 0 amide bonds. The van der Waals surface area contributed by atoms with E-state index in [0.717, 1.165) is 74.8 Å². The largest absolute Gasteiger partial charge is 0.396 e. The van der Waals surface area contributed by atoms with Crippen molar-refractivity contribution in [2.45, 2.75) is 110 Å². The molecule has 0 heterocycles. The lowest BCUT2D eigenvalue weighted by atomic mass is 9.44. The first-order chi connectivity index (χ1) is 17.9. The highest BCUT2D eigenvalue weighted by molar-refractivity contribution is 5.10. The van der Waals surface area contributed by atoms with E-state index in [9.17, 15) is 5.11 Å². The molecule has 0 unspecified atom stereocenters. The van der Waals surface area contributed by atoms with Crippen LogP contribution in [0.1, 0.15) is 104 Å². The van der Waals surface area contributed by atoms with Crippen LogP contribution in [-0.4, -0.2) is 57.0 Å². The first-order valence-corrected chi connectivity index (χ1v) is 16.4. The third kappa shape index (κ3) is 6.76. The van der Waals surface area contributed by atoms with E-state index in [4.69, 9.17) is 5.73 Å². The first-order valence-electron chi connectivity index (χ1n) is 16.4. The summed E-state index contributed by atoms with van der Waals surface area (Å²) in [5.74, 6) is 4.96. The first kappa shape index (κ1) is 29.8. The molecule has 216 valence electrons. The molecule has 4 aliphatic rings. The molecule has 0 aromatic rings. The molecule has 37 heavy (non-hydrogen) atoms. The molecule has 5 heteroatoms. The average Bonchev–Trinajstić information content (AvgIpc) is 3.26. The fraction of sp³-hybridized carbons (Fsp3) is 1.00. The maximum Gasteiger partial charge on any atom is 0.0459 e. The minimum atomic E-state index is 0.374. The highest BCUT2D eigenvalue weighted by Crippen LogP contribution is 2.68. The summed E-state index contributed by atoms with van der Waals surface area (Å²) in [5.41, 5.74) is 6.59. The summed E-state index contributed by atoms with van der Waals surface area (Å²) in [5, 5.41) is 21.0. The van der Waals surface area contributed by atoms with Gasteiger partial charge in [0.15, 0.2) is 0 Å². The molecular formula is C32H62N4O. The van der Waals surface area contributed by atoms with Crippen molar-refractivity contribution in [1.29, 1.82) is 0 Å². The lowest BCUT2D eigenvalue weighted by Crippen LogP contribution is -2.55. The molecule has 0 aromatic heterocycles. The number of aliphatic hydroxyl groups is 1. The molecule has 4 rings (SSSR count). The zero-order valence-corrected chi connectivity index (χ0v) is 24.7. The lowest BCUT2D eigenvalue weighted by molar-refractivity contribution is -0.118. The maximum atomic E-state index is 9.90. The predicted molar refractivity (Wildman–Crippen MR) is 157 cm³/mol. The van der Waals surface area contributed by atoms with Crippen LogP contribution >= 0.6 is 0 Å². The van der Waals surface area contributed by atoms with Crippen molar-refractivity contribution in [3.63, 3.8) is 0 Å². The molecule has 6 N–H and O–H groups in total. The number of unbranched alkanes of at least 4 members (excludes halogenated alkanes) is 1. The van der Waals surface area contributed by atoms with Gasteiger partial charge in [0.2, 0.25) is 0 Å². The highest BCUT2D eigenvalue weighted by Gasteiger charge is 2.60. The quantitative estimate of drug-likeness (QED) is 0.199. The number of hydrogen-bond donors (Lipinski definition) is 5. The summed E-state index contributed by atoms with van der Waals surface area (Å²) in [4.78, 5) is 0. The van der Waals surface area contributed by atoms with Gasteiger partial charge in [0.05, 0.1) is 0 Å². The number of aliphatic hydroxyl groups excluding tert-OH is 1. The van der Waals surface area contributed by atoms with Gasteiger partial charge in [0, 0.05) is 12.6 Å². The SMILES string of the molecule is C[C@H](CO)[C@H]1CC[C@H]2[C@@H]3CC[C@H]4C[C@@H](NCCCNCCCCNCCCN)CC[C@]4(C)[C@H]3CC[C@]12C. The molecule has 4 fully saturated rings. The Morgan fingerprint density at radius 1 is 0.784 bits per heavy atom. The van der Waals surface area contributed by atoms with E-state index < -0.39 is 0 Å². The van der Waals surface area contributed by atoms with E-state index >= 15 is 0 Å². The number of hydrogen-bond acceptors (Lipinski definition) is 5. The van der Waals surface area contributed by atoms with Crippen LogP contribution in [0.5, 0.6) is 0 Å². The Morgan fingerprint density at radius 2 is 1.46 bits per heavy atom. The van der Waals surface area contributed by atoms with Gasteiger partial charge in [-0.05, 0) is 169 Å². The molecule has 0 bridgehead atoms. The van der Waals surface area contributed by atoms with Crippen molar-refractivity contribution in [3.8, 4) is 0 Å². The minimum Gasteiger partial charge on any atom is -0.396 e. The van der Waals surface area contributed by atoms with Crippen LogP contribution in [0.3, 0.4) is 0 Å². The molecule has 4 saturated carbocycles. The van der Waals surface area contributed by atoms with Crippen LogP contribution < -0.4 is 21.7 Å². The van der Waals surface area contributed by atoms with E-state index in [-0.39, 0.29) is 0 Å². The van der Waals surface area contributed by atoms with Crippen LogP contribution in [0.2, 0.25) is 0 Å². The smallest absolute Gasteiger partial charge is 0.0459 e. The van der Waals surface area contributed by atoms with E-state index in [1.54, 1.807) is 0 Å². The van der Waals surface area contributed by atoms with Crippen molar-refractivity contribution in [3.05, 3.63) is 0 Å². The molecule has 0 aromatic carbocycles. The standard InChI is InChI=1S/C32H62N4O/c1-24(23-37)28-10-11-29-27-9-8-25-22-26(12-14-31(25,2)30(27)13-15-32(28,29)3)36-21-7-20-35-18-5-4-17-34-19-6-16-33/h24-30,34-37H,4-23,33H2,1-3H3/t24-,25+,26+,27+,28-,29+,30+,31+,32-/m1/s1. The Bertz CT molecular complexity index is 675. The molecular weight excluding hydrogens is 456 g/mol. The van der Waals surface area contributed by atoms with E-state index in [0.29, 0.717) is 23.4 Å². The Morgan fingerprint density at radius 3 is 2.19 bits per heavy atom. The minimum absolute atomic E-state index is 0.374. The molecule has 9 atom stereocenters. The Labute approximate surface area is 229 Å². The van der Waals surface area contributed by atoms with Gasteiger partial charge in [-0.15, -0.1) is 0 Å².